The lowest BCUT2D eigenvalue weighted by atomic mass is 10.0. The van der Waals surface area contributed by atoms with Crippen LogP contribution in [-0.2, 0) is 16.9 Å². The first-order chi connectivity index (χ1) is 19.5. The molecule has 41 heavy (non-hydrogen) atoms. The van der Waals surface area contributed by atoms with E-state index < -0.39 is 21.6 Å². The minimum Gasteiger partial charge on any atom is -0.463 e. The Kier molecular flexibility index (Phi) is 7.02. The molecule has 3 atom stereocenters. The second-order valence-electron chi connectivity index (χ2n) is 11.2. The molecule has 2 N–H and O–H groups in total. The number of carbonyl (C=O) groups is 1. The first-order valence-corrected chi connectivity index (χ1v) is 15.4. The van der Waals surface area contributed by atoms with Crippen molar-refractivity contribution in [2.24, 2.45) is 13.0 Å². The van der Waals surface area contributed by atoms with E-state index in [9.17, 15) is 17.6 Å². The van der Waals surface area contributed by atoms with Crippen molar-refractivity contribution < 1.29 is 22.3 Å². The highest BCUT2D eigenvalue weighted by atomic mass is 32.2. The molecule has 13 heteroatoms. The maximum absolute atomic E-state index is 14.7. The monoisotopic (exact) mass is 581 g/mol. The summed E-state index contributed by atoms with van der Waals surface area (Å²) in [5, 5.41) is 11.7. The lowest BCUT2D eigenvalue weighted by Gasteiger charge is -2.38. The van der Waals surface area contributed by atoms with Crippen LogP contribution in [0.4, 0.5) is 15.8 Å². The van der Waals surface area contributed by atoms with Crippen molar-refractivity contribution in [2.75, 3.05) is 41.4 Å². The van der Waals surface area contributed by atoms with Gasteiger partial charge in [-0.25, -0.2) is 17.8 Å². The fourth-order valence-corrected chi connectivity index (χ4v) is 7.66. The summed E-state index contributed by atoms with van der Waals surface area (Å²) in [6.07, 6.45) is 3.86. The average molecular weight is 582 g/mol. The van der Waals surface area contributed by atoms with E-state index in [1.807, 2.05) is 6.07 Å². The van der Waals surface area contributed by atoms with E-state index >= 15 is 0 Å². The molecule has 11 nitrogen and oxygen atoms in total. The summed E-state index contributed by atoms with van der Waals surface area (Å²) in [5.41, 5.74) is 2.09. The van der Waals surface area contributed by atoms with Gasteiger partial charge in [0.05, 0.1) is 29.2 Å². The second kappa shape index (κ2) is 10.5. The predicted octanol–water partition coefficient (Wildman–Crippen LogP) is 2.91. The van der Waals surface area contributed by atoms with Gasteiger partial charge in [0.1, 0.15) is 5.52 Å². The van der Waals surface area contributed by atoms with E-state index in [4.69, 9.17) is 4.74 Å². The van der Waals surface area contributed by atoms with Gasteiger partial charge in [-0.05, 0) is 44.5 Å². The summed E-state index contributed by atoms with van der Waals surface area (Å²) >= 11 is 0. The topological polar surface area (TPSA) is 131 Å². The Morgan fingerprint density at radius 1 is 1.20 bits per heavy atom. The molecular weight excluding hydrogens is 549 g/mol. The van der Waals surface area contributed by atoms with Crippen LogP contribution >= 0.6 is 0 Å². The zero-order valence-corrected chi connectivity index (χ0v) is 23.9. The number of piperazine rings is 1. The highest BCUT2D eigenvalue weighted by molar-refractivity contribution is 7.91. The number of hydrogen-bond acceptors (Lipinski definition) is 9. The summed E-state index contributed by atoms with van der Waals surface area (Å²) < 4.78 is 45.7. The van der Waals surface area contributed by atoms with Crippen LogP contribution < -0.4 is 20.3 Å². The minimum absolute atomic E-state index is 0.0675. The van der Waals surface area contributed by atoms with Gasteiger partial charge in [-0.15, -0.1) is 0 Å². The smallest absolute Gasteiger partial charge is 0.316 e. The van der Waals surface area contributed by atoms with Crippen molar-refractivity contribution >= 4 is 48.9 Å². The maximum Gasteiger partial charge on any atom is 0.316 e. The average Bonchev–Trinajstić information content (AvgIpc) is 3.46. The molecular formula is C28H32FN7O4S. The number of nitrogens with zero attached hydrogens (tertiary/aromatic N) is 5. The van der Waals surface area contributed by atoms with Crippen molar-refractivity contribution in [3.63, 3.8) is 0 Å². The molecule has 1 amide bonds. The summed E-state index contributed by atoms with van der Waals surface area (Å²) in [7, 11) is -1.34. The second-order valence-corrected chi connectivity index (χ2v) is 13.4. The number of ether oxygens (including phenoxy) is 1. The largest absolute Gasteiger partial charge is 0.463 e. The van der Waals surface area contributed by atoms with Gasteiger partial charge < -0.3 is 20.3 Å². The van der Waals surface area contributed by atoms with E-state index in [1.165, 1.54) is 10.7 Å². The molecule has 0 aliphatic carbocycles. The molecule has 2 aliphatic heterocycles. The summed E-state index contributed by atoms with van der Waals surface area (Å²) in [6, 6.07) is 7.11. The molecule has 6 rings (SSSR count). The number of halogens is 1. The number of hydrogen-bond donors (Lipinski definition) is 2. The summed E-state index contributed by atoms with van der Waals surface area (Å²) in [5.74, 6) is -0.893. The van der Waals surface area contributed by atoms with Gasteiger partial charge in [-0.2, -0.15) is 10.1 Å². The van der Waals surface area contributed by atoms with Crippen LogP contribution in [0.15, 0.2) is 36.7 Å². The van der Waals surface area contributed by atoms with E-state index in [-0.39, 0.29) is 53.2 Å². The number of amides is 1. The van der Waals surface area contributed by atoms with Crippen LogP contribution in [0.1, 0.15) is 30.6 Å². The quantitative estimate of drug-likeness (QED) is 0.353. The molecule has 0 saturated carbocycles. The van der Waals surface area contributed by atoms with Gasteiger partial charge in [-0.3, -0.25) is 9.48 Å². The Balaban J connectivity index is 1.35. The first-order valence-electron chi connectivity index (χ1n) is 13.6. The predicted molar refractivity (Wildman–Crippen MR) is 155 cm³/mol. The van der Waals surface area contributed by atoms with Crippen LogP contribution in [0.2, 0.25) is 0 Å². The zero-order chi connectivity index (χ0) is 28.9. The van der Waals surface area contributed by atoms with Crippen molar-refractivity contribution in [1.82, 2.24) is 25.1 Å². The van der Waals surface area contributed by atoms with Gasteiger partial charge in [-0.1, -0.05) is 0 Å². The lowest BCUT2D eigenvalue weighted by molar-refractivity contribution is 0.102. The normalized spacial score (nSPS) is 22.3. The number of fused-ring (bicyclic) bond motifs is 2. The molecule has 1 unspecified atom stereocenters. The van der Waals surface area contributed by atoms with E-state index in [1.54, 1.807) is 31.6 Å². The molecule has 2 fully saturated rings. The number of aryl methyl sites for hydroxylation is 1. The number of aromatic nitrogens is 4. The fourth-order valence-electron chi connectivity index (χ4n) is 5.82. The molecule has 2 aromatic heterocycles. The number of sulfone groups is 1. The van der Waals surface area contributed by atoms with Crippen LogP contribution in [0.3, 0.4) is 0 Å². The van der Waals surface area contributed by atoms with E-state index in [0.29, 0.717) is 28.4 Å². The Bertz CT molecular complexity index is 1750. The number of benzene rings is 2. The summed E-state index contributed by atoms with van der Waals surface area (Å²) in [4.78, 5) is 24.9. The van der Waals surface area contributed by atoms with Crippen LogP contribution in [-0.4, -0.2) is 77.4 Å². The Morgan fingerprint density at radius 3 is 2.71 bits per heavy atom. The third-order valence-electron chi connectivity index (χ3n) is 7.56. The number of anilines is 2. The van der Waals surface area contributed by atoms with Gasteiger partial charge in [0.2, 0.25) is 0 Å². The third-order valence-corrected chi connectivity index (χ3v) is 9.39. The molecule has 2 aromatic carbocycles. The summed E-state index contributed by atoms with van der Waals surface area (Å²) in [6.45, 7) is 5.95. The van der Waals surface area contributed by atoms with Gasteiger partial charge in [0.25, 0.3) is 5.91 Å². The number of nitrogens with one attached hydrogen (secondary N) is 2. The molecule has 2 aliphatic rings. The SMILES string of the molecule is C[C@H]1CN(c2ccc(C(=O)Nc3cc(F)c4nn(C)cc4c3)c3nc(OCC4CCS(=O)(=O)C4)ncc23)C[C@H](C)N1. The standard InChI is InChI=1S/C28H32FN7O4S/c1-16-11-36(12-17(2)31-16)24-5-4-21(27(37)32-20-8-19-13-35(3)34-25(19)23(29)9-20)26-22(24)10-30-28(33-26)40-14-18-6-7-41(38,39)15-18/h4-5,8-10,13,16-18,31H,6-7,11-12,14-15H2,1-3H3,(H,32,37)/t16-,17-,18?/m0/s1. The Hall–Kier alpha value is -3.84. The Morgan fingerprint density at radius 2 is 1.98 bits per heavy atom. The molecule has 4 aromatic rings. The van der Waals surface area contributed by atoms with Crippen molar-refractivity contribution in [1.29, 1.82) is 0 Å². The molecule has 0 bridgehead atoms. The molecule has 216 valence electrons. The van der Waals surface area contributed by atoms with E-state index in [0.717, 1.165) is 18.8 Å². The molecule has 0 radical (unpaired) electrons. The molecule has 2 saturated heterocycles. The number of rotatable bonds is 6. The molecule has 4 heterocycles. The Labute approximate surface area is 237 Å². The van der Waals surface area contributed by atoms with Gasteiger partial charge in [0, 0.05) is 72.7 Å². The van der Waals surface area contributed by atoms with E-state index in [2.05, 4.69) is 44.4 Å². The highest BCUT2D eigenvalue weighted by Gasteiger charge is 2.29. The lowest BCUT2D eigenvalue weighted by Crippen LogP contribution is -2.54. The van der Waals surface area contributed by atoms with Crippen LogP contribution in [0.25, 0.3) is 21.8 Å². The number of carbonyl (C=O) groups excluding carboxylic acids is 1. The van der Waals surface area contributed by atoms with Crippen molar-refractivity contribution in [3.05, 3.63) is 48.0 Å². The third kappa shape index (κ3) is 5.68. The molecule has 0 spiro atoms. The zero-order valence-electron chi connectivity index (χ0n) is 23.1. The van der Waals surface area contributed by atoms with Gasteiger partial charge >= 0.3 is 6.01 Å². The highest BCUT2D eigenvalue weighted by Crippen LogP contribution is 2.32. The fraction of sp³-hybridized carbons (Fsp3) is 0.429. The van der Waals surface area contributed by atoms with Crippen molar-refractivity contribution in [3.8, 4) is 6.01 Å². The minimum atomic E-state index is -3.04. The van der Waals surface area contributed by atoms with Crippen molar-refractivity contribution in [2.45, 2.75) is 32.4 Å². The first kappa shape index (κ1) is 27.3. The van der Waals surface area contributed by atoms with Crippen LogP contribution in [0.5, 0.6) is 6.01 Å². The maximum atomic E-state index is 14.7. The van der Waals surface area contributed by atoms with Crippen LogP contribution in [0, 0.1) is 11.7 Å². The van der Waals surface area contributed by atoms with Gasteiger partial charge in [0.15, 0.2) is 15.7 Å².